The van der Waals surface area contributed by atoms with Gasteiger partial charge in [0.15, 0.2) is 0 Å². The molecule has 2 amide bonds. The summed E-state index contributed by atoms with van der Waals surface area (Å²) in [5.41, 5.74) is 10.2. The predicted molar refractivity (Wildman–Crippen MR) is 171 cm³/mol. The molecule has 1 aliphatic heterocycles. The van der Waals surface area contributed by atoms with Crippen LogP contribution in [0.1, 0.15) is 31.2 Å². The van der Waals surface area contributed by atoms with Crippen molar-refractivity contribution in [2.75, 3.05) is 43.1 Å². The van der Waals surface area contributed by atoms with Gasteiger partial charge in [-0.05, 0) is 90.9 Å². The number of benzene rings is 2. The highest BCUT2D eigenvalue weighted by atomic mass is 16.5. The van der Waals surface area contributed by atoms with Gasteiger partial charge in [-0.1, -0.05) is 24.3 Å². The van der Waals surface area contributed by atoms with Gasteiger partial charge in [0, 0.05) is 48.4 Å². The highest BCUT2D eigenvalue weighted by Gasteiger charge is 2.29. The van der Waals surface area contributed by atoms with Crippen molar-refractivity contribution in [1.82, 2.24) is 30.9 Å². The molecular formula is C33H39N9O3. The average molecular weight is 610 g/mol. The predicted octanol–water partition coefficient (Wildman–Crippen LogP) is 3.20. The minimum atomic E-state index is -0.748. The Bertz CT molecular complexity index is 1530. The number of nitrogens with two attached hydrogens (primary N) is 1. The highest BCUT2D eigenvalue weighted by molar-refractivity contribution is 5.97. The van der Waals surface area contributed by atoms with Crippen molar-refractivity contribution in [2.24, 2.45) is 17.6 Å². The van der Waals surface area contributed by atoms with Crippen molar-refractivity contribution in [3.8, 4) is 22.5 Å². The Labute approximate surface area is 262 Å². The normalized spacial score (nSPS) is 19.1. The molecule has 2 fully saturated rings. The number of nitrogens with zero attached hydrogens (tertiary/aromatic N) is 5. The summed E-state index contributed by atoms with van der Waals surface area (Å²) in [4.78, 5) is 33.8. The molecule has 0 bridgehead atoms. The Morgan fingerprint density at radius 3 is 2.29 bits per heavy atom. The van der Waals surface area contributed by atoms with E-state index in [0.29, 0.717) is 43.6 Å². The van der Waals surface area contributed by atoms with Crippen molar-refractivity contribution in [3.05, 3.63) is 72.4 Å². The Balaban J connectivity index is 1.14. The van der Waals surface area contributed by atoms with E-state index in [9.17, 15) is 9.59 Å². The monoisotopic (exact) mass is 609 g/mol. The fourth-order valence-corrected chi connectivity index (χ4v) is 5.98. The van der Waals surface area contributed by atoms with Gasteiger partial charge in [0.05, 0.1) is 13.2 Å². The van der Waals surface area contributed by atoms with E-state index < -0.39 is 6.04 Å². The van der Waals surface area contributed by atoms with Gasteiger partial charge >= 0.3 is 0 Å². The summed E-state index contributed by atoms with van der Waals surface area (Å²) in [6, 6.07) is 18.6. The molecule has 234 valence electrons. The molecule has 2 aliphatic rings. The molecule has 3 heterocycles. The topological polar surface area (TPSA) is 164 Å². The first-order valence-corrected chi connectivity index (χ1v) is 15.6. The van der Waals surface area contributed by atoms with E-state index in [1.165, 1.54) is 0 Å². The number of pyridine rings is 1. The Kier molecular flexibility index (Phi) is 9.71. The lowest BCUT2D eigenvalue weighted by Crippen LogP contribution is -2.48. The number of hydrogen-bond acceptors (Lipinski definition) is 9. The van der Waals surface area contributed by atoms with E-state index in [1.807, 2.05) is 48.7 Å². The number of carbonyl (C=O) groups is 2. The maximum Gasteiger partial charge on any atom is 0.247 e. The van der Waals surface area contributed by atoms with Crippen LogP contribution in [0.4, 0.5) is 11.5 Å². The maximum absolute atomic E-state index is 13.6. The van der Waals surface area contributed by atoms with Crippen LogP contribution in [0.5, 0.6) is 0 Å². The third kappa shape index (κ3) is 7.70. The van der Waals surface area contributed by atoms with Crippen LogP contribution in [-0.2, 0) is 20.7 Å². The van der Waals surface area contributed by atoms with Crippen molar-refractivity contribution < 1.29 is 14.3 Å². The molecule has 1 atom stereocenters. The zero-order valence-corrected chi connectivity index (χ0v) is 25.2. The van der Waals surface area contributed by atoms with Crippen LogP contribution in [0.25, 0.3) is 22.5 Å². The van der Waals surface area contributed by atoms with Crippen LogP contribution in [0, 0.1) is 11.8 Å². The number of tetrazole rings is 1. The van der Waals surface area contributed by atoms with Gasteiger partial charge in [0.1, 0.15) is 11.9 Å². The second-order valence-corrected chi connectivity index (χ2v) is 11.7. The summed E-state index contributed by atoms with van der Waals surface area (Å²) in [5, 5.41) is 20.0. The summed E-state index contributed by atoms with van der Waals surface area (Å²) in [6.45, 7) is 3.76. The molecule has 2 aromatic carbocycles. The van der Waals surface area contributed by atoms with E-state index in [-0.39, 0.29) is 17.7 Å². The highest BCUT2D eigenvalue weighted by Crippen LogP contribution is 2.29. The second kappa shape index (κ2) is 14.4. The molecule has 6 rings (SSSR count). The number of aromatic amines is 1. The Morgan fingerprint density at radius 2 is 1.64 bits per heavy atom. The lowest BCUT2D eigenvalue weighted by atomic mass is 9.81. The third-order valence-corrected chi connectivity index (χ3v) is 8.75. The van der Waals surface area contributed by atoms with E-state index in [1.54, 1.807) is 12.1 Å². The van der Waals surface area contributed by atoms with Crippen LogP contribution in [-0.4, -0.2) is 76.3 Å². The number of anilines is 2. The van der Waals surface area contributed by atoms with Gasteiger partial charge in [-0.25, -0.2) is 4.98 Å². The fourth-order valence-electron chi connectivity index (χ4n) is 5.98. The molecule has 0 unspecified atom stereocenters. The summed E-state index contributed by atoms with van der Waals surface area (Å²) in [7, 11) is 0. The molecule has 45 heavy (non-hydrogen) atoms. The molecule has 5 N–H and O–H groups in total. The van der Waals surface area contributed by atoms with Crippen molar-refractivity contribution >= 4 is 23.3 Å². The van der Waals surface area contributed by atoms with E-state index in [0.717, 1.165) is 66.8 Å². The van der Waals surface area contributed by atoms with Crippen LogP contribution in [0.2, 0.25) is 0 Å². The molecule has 12 heteroatoms. The molecule has 1 aliphatic carbocycles. The summed E-state index contributed by atoms with van der Waals surface area (Å²) >= 11 is 0. The lowest BCUT2D eigenvalue weighted by Gasteiger charge is -2.28. The van der Waals surface area contributed by atoms with Gasteiger partial charge in [0.2, 0.25) is 17.6 Å². The number of morpholine rings is 1. The zero-order chi connectivity index (χ0) is 31.0. The van der Waals surface area contributed by atoms with Gasteiger partial charge in [0.25, 0.3) is 0 Å². The third-order valence-electron chi connectivity index (χ3n) is 8.75. The van der Waals surface area contributed by atoms with E-state index >= 15 is 0 Å². The lowest BCUT2D eigenvalue weighted by molar-refractivity contribution is -0.130. The first kappa shape index (κ1) is 30.4. The van der Waals surface area contributed by atoms with Crippen molar-refractivity contribution in [1.29, 1.82) is 0 Å². The molecule has 12 nitrogen and oxygen atoms in total. The van der Waals surface area contributed by atoms with Gasteiger partial charge in [-0.15, -0.1) is 10.2 Å². The summed E-state index contributed by atoms with van der Waals surface area (Å²) in [5.74, 6) is 1.40. The van der Waals surface area contributed by atoms with Gasteiger partial charge in [-0.3, -0.25) is 9.59 Å². The number of nitrogens with one attached hydrogen (secondary N) is 3. The molecule has 2 aromatic heterocycles. The Hall–Kier alpha value is -4.68. The number of carbonyl (C=O) groups excluding carboxylic acids is 2. The number of aromatic nitrogens is 5. The Morgan fingerprint density at radius 1 is 0.933 bits per heavy atom. The molecule has 0 spiro atoms. The number of ether oxygens (including phenoxy) is 1. The van der Waals surface area contributed by atoms with Crippen LogP contribution >= 0.6 is 0 Å². The molecular weight excluding hydrogens is 570 g/mol. The SMILES string of the molecule is NCC1CCC(C(=O)N[C@@H](Cc2ccc(-c3ccc(N4CCOCC4)nc3)cc2)C(=O)Nc2ccc(-c3nn[nH]n3)cc2)CC1. The molecule has 0 radical (unpaired) electrons. The summed E-state index contributed by atoms with van der Waals surface area (Å²) in [6.07, 6.45) is 5.67. The van der Waals surface area contributed by atoms with Crippen molar-refractivity contribution in [2.45, 2.75) is 38.1 Å². The zero-order valence-electron chi connectivity index (χ0n) is 25.2. The van der Waals surface area contributed by atoms with Gasteiger partial charge < -0.3 is 26.0 Å². The largest absolute Gasteiger partial charge is 0.378 e. The van der Waals surface area contributed by atoms with Crippen molar-refractivity contribution in [3.63, 3.8) is 0 Å². The quantitative estimate of drug-likeness (QED) is 0.211. The fraction of sp³-hybridized carbons (Fsp3) is 0.394. The molecule has 1 saturated carbocycles. The summed E-state index contributed by atoms with van der Waals surface area (Å²) < 4.78 is 5.45. The number of hydrogen-bond donors (Lipinski definition) is 4. The van der Waals surface area contributed by atoms with E-state index in [4.69, 9.17) is 10.5 Å². The first-order valence-electron chi connectivity index (χ1n) is 15.6. The standard InChI is InChI=1S/C33H39N9O3/c34-20-23-3-7-26(8-4-23)32(43)37-29(33(44)36-28-12-9-25(10-13-28)31-38-40-41-39-31)19-22-1-5-24(6-2-22)27-11-14-30(35-21-27)42-15-17-45-18-16-42/h1-2,5-6,9-14,21,23,26,29H,3-4,7-8,15-20,34H2,(H,36,44)(H,37,43)(H,38,39,40,41)/t23?,26?,29-/m0/s1. The molecule has 1 saturated heterocycles. The average Bonchev–Trinajstić information content (AvgIpc) is 3.64. The molecule has 4 aromatic rings. The van der Waals surface area contributed by atoms with Gasteiger partial charge in [-0.2, -0.15) is 5.21 Å². The van der Waals surface area contributed by atoms with Crippen LogP contribution < -0.4 is 21.3 Å². The van der Waals surface area contributed by atoms with E-state index in [2.05, 4.69) is 47.2 Å². The minimum absolute atomic E-state index is 0.0823. The minimum Gasteiger partial charge on any atom is -0.378 e. The second-order valence-electron chi connectivity index (χ2n) is 11.7. The van der Waals surface area contributed by atoms with Crippen LogP contribution in [0.15, 0.2) is 66.9 Å². The smallest absolute Gasteiger partial charge is 0.247 e. The first-order chi connectivity index (χ1) is 22.1. The maximum atomic E-state index is 13.6. The van der Waals surface area contributed by atoms with Crippen LogP contribution in [0.3, 0.4) is 0 Å². The number of amides is 2. The number of rotatable bonds is 10. The number of H-pyrrole nitrogens is 1.